The number of carbonyl (C=O) groups is 1. The number of carbonyl (C=O) groups excluding carboxylic acids is 1. The van der Waals surface area contributed by atoms with E-state index in [1.807, 2.05) is 0 Å². The van der Waals surface area contributed by atoms with Gasteiger partial charge in [-0.15, -0.1) is 0 Å². The topological polar surface area (TPSA) is 67.4 Å². The number of anilines is 1. The van der Waals surface area contributed by atoms with Gasteiger partial charge in [-0.1, -0.05) is 29.5 Å². The predicted molar refractivity (Wildman–Crippen MR) is 114 cm³/mol. The van der Waals surface area contributed by atoms with E-state index >= 15 is 0 Å². The number of aryl methyl sites for hydroxylation is 1. The molecule has 2 saturated heterocycles. The van der Waals surface area contributed by atoms with E-state index in [4.69, 9.17) is 4.74 Å². The second kappa shape index (κ2) is 9.59. The van der Waals surface area contributed by atoms with Crippen molar-refractivity contribution in [3.05, 3.63) is 42.2 Å². The van der Waals surface area contributed by atoms with Gasteiger partial charge in [-0.25, -0.2) is 9.97 Å². The molecule has 2 aromatic rings. The number of amides is 1. The van der Waals surface area contributed by atoms with Crippen LogP contribution in [0, 0.1) is 12.8 Å². The van der Waals surface area contributed by atoms with Gasteiger partial charge in [0.1, 0.15) is 5.03 Å². The number of nitrogens with zero attached hydrogens (tertiary/aromatic N) is 3. The van der Waals surface area contributed by atoms with E-state index in [0.717, 1.165) is 61.1 Å². The first-order valence-electron chi connectivity index (χ1n) is 10.4. The summed E-state index contributed by atoms with van der Waals surface area (Å²) in [6.07, 6.45) is 7.50. The number of nitrogens with one attached hydrogen (secondary N) is 1. The molecule has 154 valence electrons. The molecule has 29 heavy (non-hydrogen) atoms. The zero-order valence-electron chi connectivity index (χ0n) is 16.8. The van der Waals surface area contributed by atoms with Crippen LogP contribution in [0.4, 0.5) is 5.82 Å². The van der Waals surface area contributed by atoms with Crippen molar-refractivity contribution < 1.29 is 9.53 Å². The molecule has 6 nitrogen and oxygen atoms in total. The fourth-order valence-electron chi connectivity index (χ4n) is 3.91. The minimum Gasteiger partial charge on any atom is -0.376 e. The Morgan fingerprint density at radius 3 is 2.83 bits per heavy atom. The summed E-state index contributed by atoms with van der Waals surface area (Å²) in [5.74, 6) is 1.14. The minimum absolute atomic E-state index is 0.0669. The summed E-state index contributed by atoms with van der Waals surface area (Å²) in [5, 5.41) is 4.00. The van der Waals surface area contributed by atoms with E-state index in [2.05, 4.69) is 51.4 Å². The smallest absolute Gasteiger partial charge is 0.223 e. The van der Waals surface area contributed by atoms with E-state index in [9.17, 15) is 4.79 Å². The Kier molecular flexibility index (Phi) is 6.67. The van der Waals surface area contributed by atoms with Crippen molar-refractivity contribution in [2.24, 2.45) is 5.92 Å². The molecule has 1 N–H and O–H groups in total. The third-order valence-corrected chi connectivity index (χ3v) is 6.51. The lowest BCUT2D eigenvalue weighted by Crippen LogP contribution is -2.42. The summed E-state index contributed by atoms with van der Waals surface area (Å²) in [4.78, 5) is 25.1. The highest BCUT2D eigenvalue weighted by atomic mass is 32.2. The maximum atomic E-state index is 12.5. The molecular weight excluding hydrogens is 384 g/mol. The van der Waals surface area contributed by atoms with Crippen molar-refractivity contribution >= 4 is 23.5 Å². The molecule has 1 amide bonds. The van der Waals surface area contributed by atoms with E-state index in [-0.39, 0.29) is 17.9 Å². The molecule has 3 heterocycles. The predicted octanol–water partition coefficient (Wildman–Crippen LogP) is 3.45. The highest BCUT2D eigenvalue weighted by molar-refractivity contribution is 7.99. The van der Waals surface area contributed by atoms with Crippen LogP contribution in [0.15, 0.2) is 46.6 Å². The Hall–Kier alpha value is -2.12. The second-order valence-corrected chi connectivity index (χ2v) is 8.81. The third kappa shape index (κ3) is 5.28. The van der Waals surface area contributed by atoms with Crippen molar-refractivity contribution in [1.29, 1.82) is 0 Å². The Labute approximate surface area is 176 Å². The number of rotatable bonds is 6. The fourth-order valence-corrected chi connectivity index (χ4v) is 4.92. The van der Waals surface area contributed by atoms with Gasteiger partial charge in [-0.3, -0.25) is 4.79 Å². The number of aromatic nitrogens is 2. The van der Waals surface area contributed by atoms with Gasteiger partial charge in [0.25, 0.3) is 0 Å². The Balaban J connectivity index is 1.34. The number of benzene rings is 1. The van der Waals surface area contributed by atoms with Crippen LogP contribution in [-0.4, -0.2) is 48.2 Å². The van der Waals surface area contributed by atoms with Crippen LogP contribution in [0.3, 0.4) is 0 Å². The number of ether oxygens (including phenoxy) is 1. The van der Waals surface area contributed by atoms with Crippen LogP contribution in [0.25, 0.3) is 0 Å². The lowest BCUT2D eigenvalue weighted by molar-refractivity contribution is -0.126. The van der Waals surface area contributed by atoms with Gasteiger partial charge in [0.05, 0.1) is 6.10 Å². The standard InChI is InChI=1S/C22H28N4O2S/c1-16-4-2-6-19(14-16)29-22-20(23-9-10-24-22)26-11-7-17(8-12-26)21(27)25-15-18-5-3-13-28-18/h2,4,6,9-10,14,17-18H,3,5,7-8,11-13,15H2,1H3,(H,25,27). The van der Waals surface area contributed by atoms with Gasteiger partial charge in [0, 0.05) is 49.4 Å². The van der Waals surface area contributed by atoms with Crippen LogP contribution in [-0.2, 0) is 9.53 Å². The van der Waals surface area contributed by atoms with Crippen LogP contribution >= 0.6 is 11.8 Å². The van der Waals surface area contributed by atoms with Crippen LogP contribution in [0.5, 0.6) is 0 Å². The zero-order chi connectivity index (χ0) is 20.1. The minimum atomic E-state index is 0.0669. The summed E-state index contributed by atoms with van der Waals surface area (Å²) < 4.78 is 5.59. The molecule has 1 unspecified atom stereocenters. The average Bonchev–Trinajstić information content (AvgIpc) is 3.26. The van der Waals surface area contributed by atoms with Gasteiger partial charge in [-0.2, -0.15) is 0 Å². The summed E-state index contributed by atoms with van der Waals surface area (Å²) in [6.45, 7) is 5.19. The summed E-state index contributed by atoms with van der Waals surface area (Å²) >= 11 is 1.64. The van der Waals surface area contributed by atoms with E-state index in [1.165, 1.54) is 5.56 Å². The van der Waals surface area contributed by atoms with Gasteiger partial charge >= 0.3 is 0 Å². The van der Waals surface area contributed by atoms with Gasteiger partial charge < -0.3 is 15.0 Å². The molecule has 1 aromatic carbocycles. The van der Waals surface area contributed by atoms with Crippen LogP contribution in [0.1, 0.15) is 31.2 Å². The highest BCUT2D eigenvalue weighted by Gasteiger charge is 2.28. The zero-order valence-corrected chi connectivity index (χ0v) is 17.7. The highest BCUT2D eigenvalue weighted by Crippen LogP contribution is 2.34. The molecular formula is C22H28N4O2S. The average molecular weight is 413 g/mol. The molecule has 0 bridgehead atoms. The normalized spacial score (nSPS) is 20.0. The van der Waals surface area contributed by atoms with Crippen molar-refractivity contribution in [1.82, 2.24) is 15.3 Å². The Morgan fingerprint density at radius 2 is 2.07 bits per heavy atom. The quantitative estimate of drug-likeness (QED) is 0.784. The molecule has 2 aliphatic heterocycles. The maximum Gasteiger partial charge on any atom is 0.223 e. The number of hydrogen-bond acceptors (Lipinski definition) is 6. The molecule has 1 atom stereocenters. The second-order valence-electron chi connectivity index (χ2n) is 7.75. The number of piperidine rings is 1. The Morgan fingerprint density at radius 1 is 1.24 bits per heavy atom. The SMILES string of the molecule is Cc1cccc(Sc2nccnc2N2CCC(C(=O)NCC3CCCO3)CC2)c1. The number of hydrogen-bond donors (Lipinski definition) is 1. The van der Waals surface area contributed by atoms with Gasteiger partial charge in [0.2, 0.25) is 5.91 Å². The lowest BCUT2D eigenvalue weighted by atomic mass is 9.96. The summed E-state index contributed by atoms with van der Waals surface area (Å²) in [6, 6.07) is 8.42. The van der Waals surface area contributed by atoms with E-state index < -0.39 is 0 Å². The monoisotopic (exact) mass is 412 g/mol. The molecule has 0 spiro atoms. The van der Waals surface area contributed by atoms with Crippen LogP contribution < -0.4 is 10.2 Å². The summed E-state index contributed by atoms with van der Waals surface area (Å²) in [7, 11) is 0. The van der Waals surface area contributed by atoms with Crippen molar-refractivity contribution in [2.75, 3.05) is 31.1 Å². The molecule has 7 heteroatoms. The van der Waals surface area contributed by atoms with Gasteiger partial charge in [-0.05, 0) is 44.7 Å². The maximum absolute atomic E-state index is 12.5. The largest absolute Gasteiger partial charge is 0.376 e. The van der Waals surface area contributed by atoms with E-state index in [0.29, 0.717) is 6.54 Å². The van der Waals surface area contributed by atoms with E-state index in [1.54, 1.807) is 24.2 Å². The summed E-state index contributed by atoms with van der Waals surface area (Å²) in [5.41, 5.74) is 1.23. The van der Waals surface area contributed by atoms with Gasteiger partial charge in [0.15, 0.2) is 5.82 Å². The van der Waals surface area contributed by atoms with Crippen LogP contribution in [0.2, 0.25) is 0 Å². The molecule has 1 aromatic heterocycles. The molecule has 4 rings (SSSR count). The third-order valence-electron chi connectivity index (χ3n) is 5.54. The first kappa shape index (κ1) is 20.2. The molecule has 0 saturated carbocycles. The van der Waals surface area contributed by atoms with Crippen molar-refractivity contribution in [3.8, 4) is 0 Å². The molecule has 0 aliphatic carbocycles. The first-order valence-corrected chi connectivity index (χ1v) is 11.2. The molecule has 2 aliphatic rings. The van der Waals surface area contributed by atoms with Crippen molar-refractivity contribution in [3.63, 3.8) is 0 Å². The molecule has 2 fully saturated rings. The first-order chi connectivity index (χ1) is 14.2. The fraction of sp³-hybridized carbons (Fsp3) is 0.500. The Bertz CT molecular complexity index is 833. The van der Waals surface area contributed by atoms with Crippen molar-refractivity contribution in [2.45, 2.75) is 48.6 Å². The lowest BCUT2D eigenvalue weighted by Gasteiger charge is -2.32. The molecule has 0 radical (unpaired) electrons.